The summed E-state index contributed by atoms with van der Waals surface area (Å²) in [6, 6.07) is 6.09. The molecule has 34 heavy (non-hydrogen) atoms. The zero-order valence-electron chi connectivity index (χ0n) is 19.9. The molecule has 2 aromatic rings. The second-order valence-corrected chi connectivity index (χ2v) is 9.23. The number of likely N-dealkylation sites (tertiary alicyclic amines) is 1. The Kier molecular flexibility index (Phi) is 7.35. The molecule has 0 bridgehead atoms. The monoisotopic (exact) mass is 471 g/mol. The molecule has 0 aliphatic carbocycles. The Hall–Kier alpha value is -3.74. The SMILES string of the molecule is COC(=O)c1c(N)c(C#N)cn1-c1cc(F)ccc1NCC1CCN(C(=O)OC(C)(C)C)CC1. The number of aromatic nitrogens is 1. The lowest BCUT2D eigenvalue weighted by molar-refractivity contribution is 0.0188. The van der Waals surface area contributed by atoms with Crippen molar-refractivity contribution in [2.24, 2.45) is 5.92 Å². The molecule has 9 nitrogen and oxygen atoms in total. The fourth-order valence-electron chi connectivity index (χ4n) is 3.86. The normalized spacial score (nSPS) is 14.4. The van der Waals surface area contributed by atoms with E-state index in [0.29, 0.717) is 31.0 Å². The number of hydrogen-bond acceptors (Lipinski definition) is 7. The van der Waals surface area contributed by atoms with E-state index in [2.05, 4.69) is 5.32 Å². The number of methoxy groups -OCH3 is 1. The number of carbonyl (C=O) groups excluding carboxylic acids is 2. The average molecular weight is 472 g/mol. The fraction of sp³-hybridized carbons (Fsp3) is 0.458. The standard InChI is InChI=1S/C24H30FN5O4/c1-24(2,3)34-23(32)29-9-7-15(8-10-29)13-28-18-6-5-17(25)11-19(18)30-14-16(12-26)20(27)21(30)22(31)33-4/h5-6,11,14-15,28H,7-10,13,27H2,1-4H3. The summed E-state index contributed by atoms with van der Waals surface area (Å²) in [6.07, 6.45) is 2.64. The van der Waals surface area contributed by atoms with Crippen LogP contribution in [0.2, 0.25) is 0 Å². The van der Waals surface area contributed by atoms with Crippen molar-refractivity contribution in [2.75, 3.05) is 37.8 Å². The van der Waals surface area contributed by atoms with Crippen LogP contribution in [-0.2, 0) is 9.47 Å². The first-order valence-electron chi connectivity index (χ1n) is 11.0. The van der Waals surface area contributed by atoms with Crippen molar-refractivity contribution in [1.82, 2.24) is 9.47 Å². The first-order chi connectivity index (χ1) is 16.0. The predicted molar refractivity (Wildman–Crippen MR) is 125 cm³/mol. The first kappa shape index (κ1) is 24.9. The molecule has 0 spiro atoms. The van der Waals surface area contributed by atoms with Crippen molar-refractivity contribution in [1.29, 1.82) is 5.26 Å². The number of nitrogens with two attached hydrogens (primary N) is 1. The van der Waals surface area contributed by atoms with Crippen LogP contribution in [0.15, 0.2) is 24.4 Å². The third-order valence-corrected chi connectivity index (χ3v) is 5.61. The van der Waals surface area contributed by atoms with E-state index in [-0.39, 0.29) is 29.0 Å². The van der Waals surface area contributed by atoms with Crippen molar-refractivity contribution in [3.05, 3.63) is 41.5 Å². The maximum absolute atomic E-state index is 14.2. The van der Waals surface area contributed by atoms with Crippen molar-refractivity contribution in [3.63, 3.8) is 0 Å². The Labute approximate surface area is 198 Å². The lowest BCUT2D eigenvalue weighted by Crippen LogP contribution is -2.42. The molecule has 1 aromatic carbocycles. The third-order valence-electron chi connectivity index (χ3n) is 5.61. The molecule has 0 atom stereocenters. The molecule has 1 saturated heterocycles. The maximum atomic E-state index is 14.2. The van der Waals surface area contributed by atoms with Crippen LogP contribution in [0.4, 0.5) is 20.6 Å². The molecule has 0 unspecified atom stereocenters. The van der Waals surface area contributed by atoms with Crippen molar-refractivity contribution < 1.29 is 23.5 Å². The molecule has 2 heterocycles. The number of anilines is 2. The summed E-state index contributed by atoms with van der Waals surface area (Å²) in [5, 5.41) is 12.7. The molecular formula is C24H30FN5O4. The number of nitrogens with one attached hydrogen (secondary N) is 1. The van der Waals surface area contributed by atoms with E-state index in [4.69, 9.17) is 15.2 Å². The molecule has 1 aliphatic heterocycles. The minimum absolute atomic E-state index is 0.0286. The van der Waals surface area contributed by atoms with Gasteiger partial charge < -0.3 is 30.0 Å². The van der Waals surface area contributed by atoms with Gasteiger partial charge in [0.15, 0.2) is 5.69 Å². The Morgan fingerprint density at radius 2 is 1.97 bits per heavy atom. The van der Waals surface area contributed by atoms with Gasteiger partial charge in [-0.25, -0.2) is 14.0 Å². The Balaban J connectivity index is 1.75. The number of piperidine rings is 1. The number of esters is 1. The fourth-order valence-corrected chi connectivity index (χ4v) is 3.86. The highest BCUT2D eigenvalue weighted by atomic mass is 19.1. The largest absolute Gasteiger partial charge is 0.464 e. The smallest absolute Gasteiger partial charge is 0.410 e. The zero-order chi connectivity index (χ0) is 25.0. The van der Waals surface area contributed by atoms with Gasteiger partial charge in [-0.2, -0.15) is 5.26 Å². The van der Waals surface area contributed by atoms with E-state index in [1.807, 2.05) is 26.8 Å². The summed E-state index contributed by atoms with van der Waals surface area (Å²) in [6.45, 7) is 7.27. The average Bonchev–Trinajstić information content (AvgIpc) is 3.13. The minimum atomic E-state index is -0.733. The third kappa shape index (κ3) is 5.60. The molecule has 3 N–H and O–H groups in total. The van der Waals surface area contributed by atoms with E-state index in [1.54, 1.807) is 11.0 Å². The van der Waals surface area contributed by atoms with Gasteiger partial charge in [-0.3, -0.25) is 0 Å². The van der Waals surface area contributed by atoms with Crippen molar-refractivity contribution >= 4 is 23.4 Å². The van der Waals surface area contributed by atoms with E-state index >= 15 is 0 Å². The van der Waals surface area contributed by atoms with Gasteiger partial charge in [0.05, 0.1) is 29.7 Å². The van der Waals surface area contributed by atoms with Crippen molar-refractivity contribution in [2.45, 2.75) is 39.2 Å². The Bertz CT molecular complexity index is 1110. The van der Waals surface area contributed by atoms with Crippen LogP contribution in [0.25, 0.3) is 5.69 Å². The van der Waals surface area contributed by atoms with Crippen LogP contribution in [0.1, 0.15) is 49.7 Å². The predicted octanol–water partition coefficient (Wildman–Crippen LogP) is 3.92. The van der Waals surface area contributed by atoms with Crippen LogP contribution in [0.5, 0.6) is 0 Å². The maximum Gasteiger partial charge on any atom is 0.410 e. The number of amides is 1. The zero-order valence-corrected chi connectivity index (χ0v) is 19.9. The van der Waals surface area contributed by atoms with E-state index in [9.17, 15) is 19.2 Å². The lowest BCUT2D eigenvalue weighted by Gasteiger charge is -2.33. The van der Waals surface area contributed by atoms with E-state index in [0.717, 1.165) is 12.8 Å². The molecule has 0 saturated carbocycles. The number of hydrogen-bond donors (Lipinski definition) is 2. The summed E-state index contributed by atoms with van der Waals surface area (Å²) in [5.41, 5.74) is 6.36. The number of ether oxygens (including phenoxy) is 2. The number of halogens is 1. The minimum Gasteiger partial charge on any atom is -0.464 e. The highest BCUT2D eigenvalue weighted by Crippen LogP contribution is 2.30. The molecule has 10 heteroatoms. The van der Waals surface area contributed by atoms with Crippen LogP contribution in [0.3, 0.4) is 0 Å². The van der Waals surface area contributed by atoms with E-state index in [1.165, 1.54) is 30.0 Å². The quantitative estimate of drug-likeness (QED) is 0.634. The number of nitrogens with zero attached hydrogens (tertiary/aromatic N) is 3. The lowest BCUT2D eigenvalue weighted by atomic mass is 9.97. The molecule has 1 amide bonds. The summed E-state index contributed by atoms with van der Waals surface area (Å²) in [7, 11) is 1.21. The van der Waals surface area contributed by atoms with Gasteiger partial charge in [0, 0.05) is 25.8 Å². The number of benzene rings is 1. The summed E-state index contributed by atoms with van der Waals surface area (Å²) < 4.78 is 25.8. The molecule has 1 fully saturated rings. The van der Waals surface area contributed by atoms with Gasteiger partial charge in [0.1, 0.15) is 17.5 Å². The number of carbonyl (C=O) groups is 2. The van der Waals surface area contributed by atoms with Gasteiger partial charge in [-0.15, -0.1) is 0 Å². The Morgan fingerprint density at radius 3 is 2.56 bits per heavy atom. The molecule has 182 valence electrons. The van der Waals surface area contributed by atoms with Gasteiger partial charge in [0.2, 0.25) is 0 Å². The second kappa shape index (κ2) is 10.0. The molecule has 0 radical (unpaired) electrons. The van der Waals surface area contributed by atoms with Gasteiger partial charge >= 0.3 is 12.1 Å². The van der Waals surface area contributed by atoms with Gasteiger partial charge in [-0.1, -0.05) is 0 Å². The summed E-state index contributed by atoms with van der Waals surface area (Å²) >= 11 is 0. The van der Waals surface area contributed by atoms with Crippen LogP contribution < -0.4 is 11.1 Å². The first-order valence-corrected chi connectivity index (χ1v) is 11.0. The van der Waals surface area contributed by atoms with Crippen LogP contribution in [0, 0.1) is 23.1 Å². The second-order valence-electron chi connectivity index (χ2n) is 9.23. The highest BCUT2D eigenvalue weighted by molar-refractivity contribution is 5.96. The Morgan fingerprint density at radius 1 is 1.29 bits per heavy atom. The van der Waals surface area contributed by atoms with Gasteiger partial charge in [-0.05, 0) is 57.7 Å². The molecule has 1 aliphatic rings. The van der Waals surface area contributed by atoms with Crippen LogP contribution >= 0.6 is 0 Å². The molecule has 1 aromatic heterocycles. The highest BCUT2D eigenvalue weighted by Gasteiger charge is 2.27. The van der Waals surface area contributed by atoms with Crippen molar-refractivity contribution in [3.8, 4) is 11.8 Å². The number of nitrogen functional groups attached to an aromatic ring is 1. The number of rotatable bonds is 5. The molecule has 3 rings (SSSR count). The van der Waals surface area contributed by atoms with Gasteiger partial charge in [0.25, 0.3) is 0 Å². The number of nitriles is 1. The van der Waals surface area contributed by atoms with Crippen LogP contribution in [-0.4, -0.2) is 53.9 Å². The topological polar surface area (TPSA) is 123 Å². The van der Waals surface area contributed by atoms with E-state index < -0.39 is 17.4 Å². The summed E-state index contributed by atoms with van der Waals surface area (Å²) in [5.74, 6) is -0.961. The summed E-state index contributed by atoms with van der Waals surface area (Å²) in [4.78, 5) is 26.3. The molecular weight excluding hydrogens is 441 g/mol.